The number of nitrogens with one attached hydrogen (secondary N) is 2. The van der Waals surface area contributed by atoms with Crippen LogP contribution in [0.15, 0.2) is 24.3 Å². The first-order valence-electron chi connectivity index (χ1n) is 6.41. The van der Waals surface area contributed by atoms with Crippen LogP contribution in [0.3, 0.4) is 0 Å². The number of carbonyl (C=O) groups is 1. The molecule has 0 bridgehead atoms. The van der Waals surface area contributed by atoms with Crippen LogP contribution < -0.4 is 10.8 Å². The summed E-state index contributed by atoms with van der Waals surface area (Å²) in [5.74, 6) is 0.278. The van der Waals surface area contributed by atoms with Gasteiger partial charge in [0.1, 0.15) is 6.04 Å². The largest absolute Gasteiger partial charge is 0.302 e. The SMILES string of the molecule is CC(C)CONC(=O)C1NCCc2ccccc21. The molecule has 0 radical (unpaired) electrons. The third-order valence-corrected chi connectivity index (χ3v) is 2.96. The zero-order valence-electron chi connectivity index (χ0n) is 10.9. The van der Waals surface area contributed by atoms with Gasteiger partial charge in [0.15, 0.2) is 0 Å². The molecule has 0 aliphatic carbocycles. The number of fused-ring (bicyclic) bond motifs is 1. The van der Waals surface area contributed by atoms with Gasteiger partial charge in [-0.25, -0.2) is 5.48 Å². The van der Waals surface area contributed by atoms with E-state index in [1.807, 2.05) is 32.0 Å². The van der Waals surface area contributed by atoms with E-state index in [9.17, 15) is 4.79 Å². The summed E-state index contributed by atoms with van der Waals surface area (Å²) in [6.45, 7) is 5.43. The fraction of sp³-hybridized carbons (Fsp3) is 0.500. The highest BCUT2D eigenvalue weighted by atomic mass is 16.7. The number of amides is 1. The molecule has 4 heteroatoms. The Bertz CT molecular complexity index is 418. The van der Waals surface area contributed by atoms with Crippen molar-refractivity contribution in [3.05, 3.63) is 35.4 Å². The Kier molecular flexibility index (Phi) is 4.33. The van der Waals surface area contributed by atoms with Gasteiger partial charge in [-0.3, -0.25) is 9.63 Å². The van der Waals surface area contributed by atoms with Crippen molar-refractivity contribution in [3.8, 4) is 0 Å². The molecule has 1 aliphatic rings. The Morgan fingerprint density at radius 3 is 3.06 bits per heavy atom. The molecule has 4 nitrogen and oxygen atoms in total. The fourth-order valence-electron chi connectivity index (χ4n) is 2.08. The van der Waals surface area contributed by atoms with Gasteiger partial charge in [0.25, 0.3) is 5.91 Å². The molecule has 1 heterocycles. The van der Waals surface area contributed by atoms with E-state index < -0.39 is 0 Å². The molecule has 0 fully saturated rings. The molecule has 0 spiro atoms. The molecule has 1 amide bonds. The number of carbonyl (C=O) groups excluding carboxylic acids is 1. The molecule has 0 saturated heterocycles. The highest BCUT2D eigenvalue weighted by molar-refractivity contribution is 5.83. The molecular weight excluding hydrogens is 228 g/mol. The summed E-state index contributed by atoms with van der Waals surface area (Å²) in [5.41, 5.74) is 4.81. The lowest BCUT2D eigenvalue weighted by Gasteiger charge is -2.25. The van der Waals surface area contributed by atoms with Crippen molar-refractivity contribution in [1.29, 1.82) is 0 Å². The maximum Gasteiger partial charge on any atom is 0.265 e. The van der Waals surface area contributed by atoms with Gasteiger partial charge in [-0.15, -0.1) is 0 Å². The molecule has 1 aromatic carbocycles. The third-order valence-electron chi connectivity index (χ3n) is 2.96. The van der Waals surface area contributed by atoms with Gasteiger partial charge in [0.05, 0.1) is 6.61 Å². The monoisotopic (exact) mass is 248 g/mol. The van der Waals surface area contributed by atoms with Crippen LogP contribution in [0.5, 0.6) is 0 Å². The molecule has 18 heavy (non-hydrogen) atoms. The van der Waals surface area contributed by atoms with Crippen LogP contribution in [0, 0.1) is 5.92 Å². The van der Waals surface area contributed by atoms with E-state index in [0.29, 0.717) is 12.5 Å². The van der Waals surface area contributed by atoms with E-state index in [1.165, 1.54) is 5.56 Å². The van der Waals surface area contributed by atoms with Crippen LogP contribution in [0.1, 0.15) is 31.0 Å². The number of hydrogen-bond donors (Lipinski definition) is 2. The Morgan fingerprint density at radius 2 is 2.28 bits per heavy atom. The lowest BCUT2D eigenvalue weighted by Crippen LogP contribution is -2.41. The average molecular weight is 248 g/mol. The first-order chi connectivity index (χ1) is 8.68. The third kappa shape index (κ3) is 3.09. The number of benzene rings is 1. The minimum Gasteiger partial charge on any atom is -0.302 e. The maximum absolute atomic E-state index is 12.0. The molecular formula is C14H20N2O2. The van der Waals surface area contributed by atoms with E-state index >= 15 is 0 Å². The summed E-state index contributed by atoms with van der Waals surface area (Å²) >= 11 is 0. The van der Waals surface area contributed by atoms with Crippen molar-refractivity contribution in [2.75, 3.05) is 13.2 Å². The second kappa shape index (κ2) is 5.98. The zero-order chi connectivity index (χ0) is 13.0. The van der Waals surface area contributed by atoms with Crippen LogP contribution in [0.2, 0.25) is 0 Å². The summed E-state index contributed by atoms with van der Waals surface area (Å²) in [6, 6.07) is 7.73. The number of hydrogen-bond acceptors (Lipinski definition) is 3. The lowest BCUT2D eigenvalue weighted by molar-refractivity contribution is -0.136. The second-order valence-electron chi connectivity index (χ2n) is 5.01. The van der Waals surface area contributed by atoms with Gasteiger partial charge >= 0.3 is 0 Å². The first kappa shape index (κ1) is 13.1. The smallest absolute Gasteiger partial charge is 0.265 e. The topological polar surface area (TPSA) is 50.4 Å². The van der Waals surface area contributed by atoms with E-state index in [2.05, 4.69) is 16.9 Å². The van der Waals surface area contributed by atoms with Crippen LogP contribution in [0.4, 0.5) is 0 Å². The van der Waals surface area contributed by atoms with Crippen molar-refractivity contribution < 1.29 is 9.63 Å². The van der Waals surface area contributed by atoms with Crippen molar-refractivity contribution in [1.82, 2.24) is 10.8 Å². The summed E-state index contributed by atoms with van der Waals surface area (Å²) in [5, 5.41) is 3.22. The molecule has 1 unspecified atom stereocenters. The van der Waals surface area contributed by atoms with Crippen molar-refractivity contribution >= 4 is 5.91 Å². The zero-order valence-corrected chi connectivity index (χ0v) is 10.9. The van der Waals surface area contributed by atoms with Crippen molar-refractivity contribution in [2.45, 2.75) is 26.3 Å². The van der Waals surface area contributed by atoms with Crippen LogP contribution >= 0.6 is 0 Å². The van der Waals surface area contributed by atoms with Gasteiger partial charge in [0.2, 0.25) is 0 Å². The first-order valence-corrected chi connectivity index (χ1v) is 6.41. The number of hydroxylamine groups is 1. The molecule has 2 N–H and O–H groups in total. The summed E-state index contributed by atoms with van der Waals surface area (Å²) < 4.78 is 0. The van der Waals surface area contributed by atoms with E-state index in [1.54, 1.807) is 0 Å². The quantitative estimate of drug-likeness (QED) is 0.795. The Balaban J connectivity index is 1.99. The van der Waals surface area contributed by atoms with Gasteiger partial charge in [-0.1, -0.05) is 38.1 Å². The van der Waals surface area contributed by atoms with Crippen LogP contribution in [0.25, 0.3) is 0 Å². The molecule has 1 atom stereocenters. The predicted molar refractivity (Wildman–Crippen MR) is 69.8 cm³/mol. The Hall–Kier alpha value is -1.39. The van der Waals surface area contributed by atoms with E-state index in [-0.39, 0.29) is 11.9 Å². The van der Waals surface area contributed by atoms with Gasteiger partial charge in [-0.2, -0.15) is 0 Å². The average Bonchev–Trinajstić information content (AvgIpc) is 2.37. The summed E-state index contributed by atoms with van der Waals surface area (Å²) in [7, 11) is 0. The lowest BCUT2D eigenvalue weighted by atomic mass is 9.94. The van der Waals surface area contributed by atoms with E-state index in [0.717, 1.165) is 18.5 Å². The molecule has 1 aromatic rings. The molecule has 98 valence electrons. The minimum absolute atomic E-state index is 0.122. The molecule has 0 aromatic heterocycles. The predicted octanol–water partition coefficient (Wildman–Crippen LogP) is 1.58. The van der Waals surface area contributed by atoms with Gasteiger partial charge in [0, 0.05) is 6.54 Å². The minimum atomic E-state index is -0.304. The van der Waals surface area contributed by atoms with Crippen molar-refractivity contribution in [3.63, 3.8) is 0 Å². The highest BCUT2D eigenvalue weighted by Crippen LogP contribution is 2.22. The van der Waals surface area contributed by atoms with Crippen molar-refractivity contribution in [2.24, 2.45) is 5.92 Å². The Morgan fingerprint density at radius 1 is 1.50 bits per heavy atom. The van der Waals surface area contributed by atoms with Gasteiger partial charge < -0.3 is 5.32 Å². The van der Waals surface area contributed by atoms with Crippen LogP contribution in [-0.2, 0) is 16.1 Å². The van der Waals surface area contributed by atoms with Crippen LogP contribution in [-0.4, -0.2) is 19.1 Å². The van der Waals surface area contributed by atoms with Gasteiger partial charge in [-0.05, 0) is 23.5 Å². The summed E-state index contributed by atoms with van der Waals surface area (Å²) in [6.07, 6.45) is 0.965. The molecule has 2 rings (SSSR count). The Labute approximate surface area is 108 Å². The highest BCUT2D eigenvalue weighted by Gasteiger charge is 2.25. The molecule has 1 aliphatic heterocycles. The fourth-order valence-corrected chi connectivity index (χ4v) is 2.08. The van der Waals surface area contributed by atoms with E-state index in [4.69, 9.17) is 4.84 Å². The summed E-state index contributed by atoms with van der Waals surface area (Å²) in [4.78, 5) is 17.2. The number of rotatable bonds is 4. The molecule has 0 saturated carbocycles. The normalized spacial score (nSPS) is 18.5. The maximum atomic E-state index is 12.0. The second-order valence-corrected chi connectivity index (χ2v) is 5.01. The standard InChI is InChI=1S/C14H20N2O2/c1-10(2)9-18-16-14(17)13-12-6-4-3-5-11(12)7-8-15-13/h3-6,10,13,15H,7-9H2,1-2H3,(H,16,17).